The zero-order chi connectivity index (χ0) is 17.1. The number of hydrogen-bond donors (Lipinski definition) is 1. The molecular formula is C18H18ClN3O2. The molecule has 1 unspecified atom stereocenters. The summed E-state index contributed by atoms with van der Waals surface area (Å²) in [6.07, 6.45) is 3.87. The molecular weight excluding hydrogens is 326 g/mol. The third-order valence-corrected chi connectivity index (χ3v) is 4.59. The second-order valence-electron chi connectivity index (χ2n) is 5.84. The molecule has 5 nitrogen and oxygen atoms in total. The lowest BCUT2D eigenvalue weighted by atomic mass is 10.1. The molecule has 2 amide bonds. The molecule has 1 N–H and O–H groups in total. The first-order valence-corrected chi connectivity index (χ1v) is 8.18. The van der Waals surface area contributed by atoms with E-state index in [1.54, 1.807) is 23.4 Å². The van der Waals surface area contributed by atoms with Crippen molar-refractivity contribution in [2.24, 2.45) is 5.92 Å². The normalized spacial score (nSPS) is 17.2. The molecule has 1 aliphatic heterocycles. The first-order chi connectivity index (χ1) is 11.6. The number of pyridine rings is 1. The van der Waals surface area contributed by atoms with Gasteiger partial charge in [-0.05, 0) is 42.7 Å². The van der Waals surface area contributed by atoms with E-state index in [4.69, 9.17) is 11.6 Å². The minimum atomic E-state index is -0.651. The van der Waals surface area contributed by atoms with Crippen LogP contribution in [0.3, 0.4) is 0 Å². The summed E-state index contributed by atoms with van der Waals surface area (Å²) in [7, 11) is 0. The van der Waals surface area contributed by atoms with Crippen LogP contribution in [0.25, 0.3) is 0 Å². The lowest BCUT2D eigenvalue weighted by molar-refractivity contribution is -0.132. The van der Waals surface area contributed by atoms with Gasteiger partial charge in [0.15, 0.2) is 0 Å². The predicted molar refractivity (Wildman–Crippen MR) is 92.7 cm³/mol. The third kappa shape index (κ3) is 3.41. The van der Waals surface area contributed by atoms with Gasteiger partial charge in [-0.3, -0.25) is 14.6 Å². The van der Waals surface area contributed by atoms with Crippen LogP contribution in [0.4, 0.5) is 5.69 Å². The van der Waals surface area contributed by atoms with Gasteiger partial charge in [0.25, 0.3) is 0 Å². The number of hydrogen-bond acceptors (Lipinski definition) is 3. The number of anilines is 1. The molecule has 24 heavy (non-hydrogen) atoms. The van der Waals surface area contributed by atoms with Crippen LogP contribution in [-0.2, 0) is 16.1 Å². The van der Waals surface area contributed by atoms with Crippen molar-refractivity contribution in [3.05, 3.63) is 58.9 Å². The molecule has 1 aromatic carbocycles. The van der Waals surface area contributed by atoms with E-state index in [0.29, 0.717) is 24.5 Å². The fraction of sp³-hybridized carbons (Fsp3) is 0.278. The third-order valence-electron chi connectivity index (χ3n) is 4.18. The predicted octanol–water partition coefficient (Wildman–Crippen LogP) is 2.71. The molecule has 0 spiro atoms. The van der Waals surface area contributed by atoms with E-state index in [-0.39, 0.29) is 11.8 Å². The molecule has 1 saturated heterocycles. The van der Waals surface area contributed by atoms with E-state index < -0.39 is 5.92 Å². The van der Waals surface area contributed by atoms with Gasteiger partial charge in [-0.25, -0.2) is 0 Å². The van der Waals surface area contributed by atoms with Crippen molar-refractivity contribution >= 4 is 29.1 Å². The van der Waals surface area contributed by atoms with E-state index in [2.05, 4.69) is 10.3 Å². The highest BCUT2D eigenvalue weighted by atomic mass is 35.5. The van der Waals surface area contributed by atoms with E-state index >= 15 is 0 Å². The Kier molecular flexibility index (Phi) is 4.81. The molecule has 1 fully saturated rings. The number of benzene rings is 1. The Balaban J connectivity index is 1.65. The van der Waals surface area contributed by atoms with Crippen LogP contribution in [-0.4, -0.2) is 23.3 Å². The zero-order valence-corrected chi connectivity index (χ0v) is 14.1. The highest BCUT2D eigenvalue weighted by Gasteiger charge is 2.37. The molecule has 1 aliphatic rings. The van der Waals surface area contributed by atoms with Crippen molar-refractivity contribution in [2.75, 3.05) is 11.4 Å². The average Bonchev–Trinajstić information content (AvgIpc) is 2.98. The Morgan fingerprint density at radius 2 is 2.25 bits per heavy atom. The molecule has 0 saturated carbocycles. The molecule has 0 radical (unpaired) electrons. The van der Waals surface area contributed by atoms with Gasteiger partial charge in [-0.15, -0.1) is 0 Å². The maximum absolute atomic E-state index is 12.6. The molecule has 124 valence electrons. The van der Waals surface area contributed by atoms with E-state index in [1.165, 1.54) is 0 Å². The summed E-state index contributed by atoms with van der Waals surface area (Å²) in [5.74, 6) is -1.08. The second-order valence-corrected chi connectivity index (χ2v) is 6.25. The quantitative estimate of drug-likeness (QED) is 0.868. The highest BCUT2D eigenvalue weighted by Crippen LogP contribution is 2.29. The molecule has 6 heteroatoms. The van der Waals surface area contributed by atoms with Crippen LogP contribution in [0.2, 0.25) is 5.02 Å². The maximum Gasteiger partial charge on any atom is 0.239 e. The van der Waals surface area contributed by atoms with Crippen molar-refractivity contribution in [1.29, 1.82) is 0 Å². The van der Waals surface area contributed by atoms with Crippen molar-refractivity contribution in [3.63, 3.8) is 0 Å². The number of amides is 2. The number of aromatic nitrogens is 1. The Morgan fingerprint density at radius 1 is 1.42 bits per heavy atom. The average molecular weight is 344 g/mol. The van der Waals surface area contributed by atoms with Crippen molar-refractivity contribution in [2.45, 2.75) is 19.9 Å². The largest absolute Gasteiger partial charge is 0.351 e. The van der Waals surface area contributed by atoms with Crippen LogP contribution in [0.5, 0.6) is 0 Å². The van der Waals surface area contributed by atoms with Gasteiger partial charge in [0.1, 0.15) is 5.92 Å². The Hall–Kier alpha value is -2.40. The molecule has 1 aromatic heterocycles. The highest BCUT2D eigenvalue weighted by molar-refractivity contribution is 6.31. The SMILES string of the molecule is Cc1ccc(N2CCC(C(=O)NCc3cccnc3)C2=O)cc1Cl. The lowest BCUT2D eigenvalue weighted by Crippen LogP contribution is -2.36. The zero-order valence-electron chi connectivity index (χ0n) is 13.3. The molecule has 1 atom stereocenters. The minimum Gasteiger partial charge on any atom is -0.351 e. The van der Waals surface area contributed by atoms with Crippen LogP contribution >= 0.6 is 11.6 Å². The number of nitrogens with one attached hydrogen (secondary N) is 1. The van der Waals surface area contributed by atoms with Gasteiger partial charge in [-0.1, -0.05) is 23.7 Å². The summed E-state index contributed by atoms with van der Waals surface area (Å²) in [5, 5.41) is 3.43. The summed E-state index contributed by atoms with van der Waals surface area (Å²) < 4.78 is 0. The fourth-order valence-corrected chi connectivity index (χ4v) is 2.92. The van der Waals surface area contributed by atoms with E-state index in [0.717, 1.165) is 16.8 Å². The van der Waals surface area contributed by atoms with Gasteiger partial charge >= 0.3 is 0 Å². The molecule has 2 aromatic rings. The molecule has 0 bridgehead atoms. The topological polar surface area (TPSA) is 62.3 Å². The first-order valence-electron chi connectivity index (χ1n) is 7.80. The van der Waals surface area contributed by atoms with Gasteiger partial charge in [-0.2, -0.15) is 0 Å². The first kappa shape index (κ1) is 16.5. The van der Waals surface area contributed by atoms with E-state index in [1.807, 2.05) is 31.2 Å². The van der Waals surface area contributed by atoms with Gasteiger partial charge in [0.2, 0.25) is 11.8 Å². The number of carbonyl (C=O) groups is 2. The van der Waals surface area contributed by atoms with Crippen molar-refractivity contribution in [3.8, 4) is 0 Å². The Morgan fingerprint density at radius 3 is 2.96 bits per heavy atom. The monoisotopic (exact) mass is 343 g/mol. The van der Waals surface area contributed by atoms with Crippen molar-refractivity contribution < 1.29 is 9.59 Å². The molecule has 2 heterocycles. The van der Waals surface area contributed by atoms with Crippen molar-refractivity contribution in [1.82, 2.24) is 10.3 Å². The van der Waals surface area contributed by atoms with Gasteiger partial charge < -0.3 is 10.2 Å². The molecule has 3 rings (SSSR count). The summed E-state index contributed by atoms with van der Waals surface area (Å²) in [5.41, 5.74) is 2.59. The number of rotatable bonds is 4. The summed E-state index contributed by atoms with van der Waals surface area (Å²) in [6, 6.07) is 9.19. The fourth-order valence-electron chi connectivity index (χ4n) is 2.74. The standard InChI is InChI=1S/C18H18ClN3O2/c1-12-4-5-14(9-16(12)19)22-8-6-15(18(22)24)17(23)21-11-13-3-2-7-20-10-13/h2-5,7,9-10,15H,6,8,11H2,1H3,(H,21,23). The molecule has 0 aliphatic carbocycles. The summed E-state index contributed by atoms with van der Waals surface area (Å²) in [4.78, 5) is 30.5. The number of halogens is 1. The minimum absolute atomic E-state index is 0.182. The summed E-state index contributed by atoms with van der Waals surface area (Å²) in [6.45, 7) is 2.79. The van der Waals surface area contributed by atoms with E-state index in [9.17, 15) is 9.59 Å². The maximum atomic E-state index is 12.6. The van der Waals surface area contributed by atoms with Crippen LogP contribution in [0.1, 0.15) is 17.5 Å². The van der Waals surface area contributed by atoms with Crippen LogP contribution < -0.4 is 10.2 Å². The second kappa shape index (κ2) is 7.01. The Labute approximate surface area is 145 Å². The Bertz CT molecular complexity index is 764. The number of carbonyl (C=O) groups excluding carboxylic acids is 2. The number of nitrogens with zero attached hydrogens (tertiary/aromatic N) is 2. The lowest BCUT2D eigenvalue weighted by Gasteiger charge is -2.17. The van der Waals surface area contributed by atoms with Gasteiger partial charge in [0.05, 0.1) is 0 Å². The van der Waals surface area contributed by atoms with Crippen LogP contribution in [0, 0.1) is 12.8 Å². The summed E-state index contributed by atoms with van der Waals surface area (Å²) >= 11 is 6.13. The van der Waals surface area contributed by atoms with Crippen LogP contribution in [0.15, 0.2) is 42.7 Å². The smallest absolute Gasteiger partial charge is 0.239 e. The number of aryl methyl sites for hydroxylation is 1. The van der Waals surface area contributed by atoms with Gasteiger partial charge in [0, 0.05) is 36.2 Å².